The van der Waals surface area contributed by atoms with E-state index in [9.17, 15) is 4.79 Å². The van der Waals surface area contributed by atoms with Gasteiger partial charge in [-0.25, -0.2) is 4.79 Å². The van der Waals surface area contributed by atoms with Crippen molar-refractivity contribution in [1.82, 2.24) is 0 Å². The summed E-state index contributed by atoms with van der Waals surface area (Å²) in [4.78, 5) is 11.0. The van der Waals surface area contributed by atoms with Crippen molar-refractivity contribution >= 4 is 5.97 Å². The highest BCUT2D eigenvalue weighted by molar-refractivity contribution is 5.81. The van der Waals surface area contributed by atoms with Crippen LogP contribution in [0.3, 0.4) is 0 Å². The summed E-state index contributed by atoms with van der Waals surface area (Å²) in [6.07, 6.45) is 19.6. The lowest BCUT2D eigenvalue weighted by Gasteiger charge is -2.32. The van der Waals surface area contributed by atoms with Crippen LogP contribution in [0.2, 0.25) is 0 Å². The monoisotopic (exact) mass is 356 g/mol. The van der Waals surface area contributed by atoms with E-state index in [1.165, 1.54) is 42.1 Å². The van der Waals surface area contributed by atoms with Crippen molar-refractivity contribution < 1.29 is 9.90 Å². The number of carboxylic acids is 1. The van der Waals surface area contributed by atoms with E-state index in [1.54, 1.807) is 0 Å². The minimum absolute atomic E-state index is 0.256. The zero-order chi connectivity index (χ0) is 19.6. The molecule has 0 aliphatic heterocycles. The molecule has 0 atom stereocenters. The number of carboxylic acid groups (broad SMARTS) is 1. The summed E-state index contributed by atoms with van der Waals surface area (Å²) in [6.45, 7) is 11.1. The molecule has 1 N–H and O–H groups in total. The molecule has 1 aliphatic carbocycles. The van der Waals surface area contributed by atoms with Crippen LogP contribution in [-0.2, 0) is 4.79 Å². The van der Waals surface area contributed by atoms with Crippen molar-refractivity contribution in [3.63, 3.8) is 0 Å². The summed E-state index contributed by atoms with van der Waals surface area (Å²) in [5.74, 6) is -0.872. The quantitative estimate of drug-likeness (QED) is 0.270. The van der Waals surface area contributed by atoms with Crippen LogP contribution in [0.1, 0.15) is 79.6 Å². The second-order valence-electron chi connectivity index (χ2n) is 8.05. The van der Waals surface area contributed by atoms with Crippen LogP contribution in [0.15, 0.2) is 58.7 Å². The number of hydrogen-bond acceptors (Lipinski definition) is 1. The Labute approximate surface area is 160 Å². The van der Waals surface area contributed by atoms with Gasteiger partial charge in [0.05, 0.1) is 0 Å². The molecule has 0 unspecified atom stereocenters. The number of hydrogen-bond donors (Lipinski definition) is 1. The van der Waals surface area contributed by atoms with Gasteiger partial charge in [0.2, 0.25) is 0 Å². The molecule has 2 nitrogen and oxygen atoms in total. The van der Waals surface area contributed by atoms with Crippen molar-refractivity contribution in [2.24, 2.45) is 5.41 Å². The molecule has 1 aliphatic rings. The van der Waals surface area contributed by atoms with Crippen LogP contribution >= 0.6 is 0 Å². The maximum absolute atomic E-state index is 11.0. The second-order valence-corrected chi connectivity index (χ2v) is 8.05. The Bertz CT molecular complexity index is 625. The fourth-order valence-electron chi connectivity index (χ4n) is 3.55. The van der Waals surface area contributed by atoms with Gasteiger partial charge in [-0.15, -0.1) is 0 Å². The first-order valence-electron chi connectivity index (χ1n) is 9.93. The molecule has 0 saturated carbocycles. The van der Waals surface area contributed by atoms with Crippen molar-refractivity contribution in [3.05, 3.63) is 58.7 Å². The number of aliphatic carboxylic acids is 1. The molecule has 0 spiro atoms. The molecule has 0 fully saturated rings. The van der Waals surface area contributed by atoms with Crippen molar-refractivity contribution in [2.45, 2.75) is 79.6 Å². The predicted octanol–water partition coefficient (Wildman–Crippen LogP) is 7.16. The maximum Gasteiger partial charge on any atom is 0.328 e. The van der Waals surface area contributed by atoms with Gasteiger partial charge in [-0.3, -0.25) is 0 Å². The minimum atomic E-state index is -0.872. The Morgan fingerprint density at radius 2 is 1.96 bits per heavy atom. The first-order valence-corrected chi connectivity index (χ1v) is 9.93. The fourth-order valence-corrected chi connectivity index (χ4v) is 3.55. The smallest absolute Gasteiger partial charge is 0.328 e. The van der Waals surface area contributed by atoms with Crippen LogP contribution in [0, 0.1) is 5.41 Å². The largest absolute Gasteiger partial charge is 0.478 e. The Morgan fingerprint density at radius 3 is 2.58 bits per heavy atom. The van der Waals surface area contributed by atoms with E-state index in [0.717, 1.165) is 31.3 Å². The van der Waals surface area contributed by atoms with Crippen molar-refractivity contribution in [2.75, 3.05) is 0 Å². The molecule has 26 heavy (non-hydrogen) atoms. The molecule has 0 amide bonds. The molecule has 1 rings (SSSR count). The summed E-state index contributed by atoms with van der Waals surface area (Å²) in [5.41, 5.74) is 5.28. The minimum Gasteiger partial charge on any atom is -0.478 e. The third-order valence-electron chi connectivity index (χ3n) is 5.10. The lowest BCUT2D eigenvalue weighted by atomic mass is 9.72. The summed E-state index contributed by atoms with van der Waals surface area (Å²) in [5, 5.41) is 9.01. The number of unbranched alkanes of at least 4 members (excludes halogenated alkanes) is 2. The molecule has 0 aromatic carbocycles. The van der Waals surface area contributed by atoms with Crippen LogP contribution in [0.4, 0.5) is 0 Å². The van der Waals surface area contributed by atoms with Gasteiger partial charge in [-0.05, 0) is 62.5 Å². The van der Waals surface area contributed by atoms with Gasteiger partial charge in [-0.2, -0.15) is 0 Å². The zero-order valence-electron chi connectivity index (χ0n) is 17.3. The topological polar surface area (TPSA) is 37.3 Å². The molecule has 144 valence electrons. The van der Waals surface area contributed by atoms with E-state index in [2.05, 4.69) is 52.8 Å². The Morgan fingerprint density at radius 1 is 1.23 bits per heavy atom. The van der Waals surface area contributed by atoms with E-state index in [4.69, 9.17) is 5.11 Å². The van der Waals surface area contributed by atoms with E-state index < -0.39 is 5.97 Å². The van der Waals surface area contributed by atoms with Gasteiger partial charge in [0.1, 0.15) is 0 Å². The van der Waals surface area contributed by atoms with Crippen molar-refractivity contribution in [1.29, 1.82) is 0 Å². The highest BCUT2D eigenvalue weighted by Gasteiger charge is 2.26. The van der Waals surface area contributed by atoms with Crippen LogP contribution < -0.4 is 0 Å². The predicted molar refractivity (Wildman–Crippen MR) is 112 cm³/mol. The Balaban J connectivity index is 2.79. The summed E-state index contributed by atoms with van der Waals surface area (Å²) < 4.78 is 0. The average Bonchev–Trinajstić information content (AvgIpc) is 2.53. The third-order valence-corrected chi connectivity index (χ3v) is 5.10. The maximum atomic E-state index is 11.0. The second kappa shape index (κ2) is 11.0. The van der Waals surface area contributed by atoms with Gasteiger partial charge >= 0.3 is 5.97 Å². The lowest BCUT2D eigenvalue weighted by molar-refractivity contribution is -0.131. The molecule has 2 heteroatoms. The lowest BCUT2D eigenvalue weighted by Crippen LogP contribution is -2.19. The Kier molecular flexibility index (Phi) is 9.40. The van der Waals surface area contributed by atoms with E-state index in [0.29, 0.717) is 0 Å². The third kappa shape index (κ3) is 8.03. The van der Waals surface area contributed by atoms with E-state index in [-0.39, 0.29) is 5.41 Å². The van der Waals surface area contributed by atoms with E-state index >= 15 is 0 Å². The molecular formula is C24H36O2. The molecule has 0 radical (unpaired) electrons. The van der Waals surface area contributed by atoms with Gasteiger partial charge in [0.15, 0.2) is 0 Å². The first-order chi connectivity index (χ1) is 12.3. The number of allylic oxidation sites excluding steroid dienone is 9. The van der Waals surface area contributed by atoms with Gasteiger partial charge in [0.25, 0.3) is 0 Å². The summed E-state index contributed by atoms with van der Waals surface area (Å²) in [7, 11) is 0. The van der Waals surface area contributed by atoms with Gasteiger partial charge in [0, 0.05) is 6.08 Å². The standard InChI is InChI=1S/C24H36O2/c1-6-7-8-13-21(18-23(25)26)14-9-11-19(2)15-16-22-20(3)12-10-17-24(22,4)5/h9,11,14-16,18H,6-8,10,12-13,17H2,1-5H3,(H,25,26)/b14-9+,16-15+,19-11-,21-18+. The molecule has 0 bridgehead atoms. The summed E-state index contributed by atoms with van der Waals surface area (Å²) >= 11 is 0. The summed E-state index contributed by atoms with van der Waals surface area (Å²) in [6, 6.07) is 0. The SMILES string of the molecule is CCCCCC(/C=C/C=C(C)\C=C\C1=C(C)CCCC1(C)C)=C\C(=O)O. The molecule has 0 heterocycles. The van der Waals surface area contributed by atoms with Crippen molar-refractivity contribution in [3.8, 4) is 0 Å². The normalized spacial score (nSPS) is 19.0. The molecular weight excluding hydrogens is 320 g/mol. The fraction of sp³-hybridized carbons (Fsp3) is 0.542. The molecule has 0 aromatic rings. The van der Waals surface area contributed by atoms with Gasteiger partial charge in [-0.1, -0.05) is 75.1 Å². The first kappa shape index (κ1) is 22.2. The van der Waals surface area contributed by atoms with Crippen LogP contribution in [0.5, 0.6) is 0 Å². The molecule has 0 aromatic heterocycles. The van der Waals surface area contributed by atoms with Gasteiger partial charge < -0.3 is 5.11 Å². The van der Waals surface area contributed by atoms with E-state index in [1.807, 2.05) is 12.2 Å². The zero-order valence-corrected chi connectivity index (χ0v) is 17.3. The average molecular weight is 357 g/mol. The Hall–Kier alpha value is -1.83. The van der Waals surface area contributed by atoms with Crippen LogP contribution in [0.25, 0.3) is 0 Å². The highest BCUT2D eigenvalue weighted by atomic mass is 16.4. The molecule has 0 saturated heterocycles. The number of rotatable bonds is 9. The van der Waals surface area contributed by atoms with Crippen LogP contribution in [-0.4, -0.2) is 11.1 Å². The number of carbonyl (C=O) groups is 1. The highest BCUT2D eigenvalue weighted by Crippen LogP contribution is 2.40.